The zero-order valence-corrected chi connectivity index (χ0v) is 27.4. The van der Waals surface area contributed by atoms with Crippen molar-refractivity contribution in [2.45, 2.75) is 12.8 Å². The van der Waals surface area contributed by atoms with Gasteiger partial charge in [0.2, 0.25) is 0 Å². The average molecular weight is 683 g/mol. The van der Waals surface area contributed by atoms with Gasteiger partial charge in [-0.25, -0.2) is 0 Å². The Morgan fingerprint density at radius 2 is 0.911 bits per heavy atom. The van der Waals surface area contributed by atoms with Crippen LogP contribution in [0.25, 0.3) is 59.9 Å². The number of carboxylic acids is 2. The van der Waals surface area contributed by atoms with Crippen LogP contribution in [0.1, 0.15) is 11.1 Å². The summed E-state index contributed by atoms with van der Waals surface area (Å²) in [7, 11) is 0. The summed E-state index contributed by atoms with van der Waals surface area (Å²) < 4.78 is 0. The molecule has 0 unspecified atom stereocenters. The van der Waals surface area contributed by atoms with E-state index in [2.05, 4.69) is 34.2 Å². The fraction of sp³-hybridized carbons (Fsp3) is 0.0588. The number of hydrogen-bond acceptors (Lipinski definition) is 9. The van der Waals surface area contributed by atoms with Gasteiger partial charge < -0.3 is 10.2 Å². The minimum absolute atomic E-state index is 0.0784. The molecular formula is C34H22N2O4S5. The van der Waals surface area contributed by atoms with Crippen LogP contribution in [0.3, 0.4) is 0 Å². The predicted octanol–water partition coefficient (Wildman–Crippen LogP) is 10.0. The molecule has 6 nitrogen and oxygen atoms in total. The van der Waals surface area contributed by atoms with Crippen molar-refractivity contribution in [3.63, 3.8) is 0 Å². The van der Waals surface area contributed by atoms with Crippen LogP contribution in [-0.4, -0.2) is 32.1 Å². The molecule has 2 N–H and O–H groups in total. The summed E-state index contributed by atoms with van der Waals surface area (Å²) in [6.07, 6.45) is 7.02. The number of hydrogen-bond donors (Lipinski definition) is 2. The summed E-state index contributed by atoms with van der Waals surface area (Å²) in [6.45, 7) is 0. The van der Waals surface area contributed by atoms with E-state index in [-0.39, 0.29) is 12.8 Å². The first-order valence-electron chi connectivity index (χ1n) is 13.7. The second kappa shape index (κ2) is 12.6. The van der Waals surface area contributed by atoms with Gasteiger partial charge >= 0.3 is 11.9 Å². The Hall–Kier alpha value is -4.26. The summed E-state index contributed by atoms with van der Waals surface area (Å²) in [6, 6.07) is 24.2. The van der Waals surface area contributed by atoms with Crippen molar-refractivity contribution in [1.29, 1.82) is 0 Å². The maximum Gasteiger partial charge on any atom is 0.307 e. The maximum atomic E-state index is 11.8. The highest BCUT2D eigenvalue weighted by Gasteiger charge is 2.21. The molecule has 7 heterocycles. The third-order valence-corrected chi connectivity index (χ3v) is 13.4. The molecule has 7 rings (SSSR count). The standard InChI is InChI=1S/C34H22N2O4S5/c37-31(38)15-21-13-29(25-7-5-23(41-25)19-3-1-11-35-17-19)44-33(21)27-9-10-28(43-27)34-22(16-32(39)40)14-30(45-34)26-8-6-24(42-26)20-4-2-12-36-18-20/h1-14,17-18H,15-16H2,(H,37,38)(H,39,40). The third kappa shape index (κ3) is 6.31. The maximum absolute atomic E-state index is 11.8. The molecule has 45 heavy (non-hydrogen) atoms. The predicted molar refractivity (Wildman–Crippen MR) is 187 cm³/mol. The van der Waals surface area contributed by atoms with Crippen LogP contribution in [-0.2, 0) is 22.4 Å². The average Bonchev–Trinajstić information content (AvgIpc) is 3.86. The number of carboxylic acid groups (broad SMARTS) is 2. The van der Waals surface area contributed by atoms with Crippen LogP contribution in [0.5, 0.6) is 0 Å². The molecule has 11 heteroatoms. The van der Waals surface area contributed by atoms with Gasteiger partial charge in [-0.15, -0.1) is 56.7 Å². The van der Waals surface area contributed by atoms with Crippen LogP contribution in [0, 0.1) is 0 Å². The quantitative estimate of drug-likeness (QED) is 0.149. The SMILES string of the molecule is O=C(O)Cc1cc(-c2ccc(-c3cccnc3)s2)sc1-c1ccc(-c2sc(-c3ccc(-c4cccnc4)s3)cc2CC(=O)O)s1. The van der Waals surface area contributed by atoms with E-state index in [4.69, 9.17) is 0 Å². The van der Waals surface area contributed by atoms with E-state index >= 15 is 0 Å². The molecule has 0 radical (unpaired) electrons. The van der Waals surface area contributed by atoms with Crippen molar-refractivity contribution in [3.05, 3.63) is 109 Å². The van der Waals surface area contributed by atoms with Crippen LogP contribution < -0.4 is 0 Å². The van der Waals surface area contributed by atoms with E-state index in [0.717, 1.165) is 71.0 Å². The first-order chi connectivity index (χ1) is 21.9. The van der Waals surface area contributed by atoms with Crippen molar-refractivity contribution in [2.24, 2.45) is 0 Å². The molecule has 0 saturated heterocycles. The minimum Gasteiger partial charge on any atom is -0.481 e. The normalized spacial score (nSPS) is 11.2. The lowest BCUT2D eigenvalue weighted by Crippen LogP contribution is -1.99. The topological polar surface area (TPSA) is 100 Å². The lowest BCUT2D eigenvalue weighted by atomic mass is 10.1. The van der Waals surface area contributed by atoms with Gasteiger partial charge in [0.05, 0.1) is 12.8 Å². The number of aromatic nitrogens is 2. The zero-order valence-electron chi connectivity index (χ0n) is 23.3. The third-order valence-electron chi connectivity index (χ3n) is 6.94. The number of thiophene rings is 5. The first kappa shape index (κ1) is 29.5. The summed E-state index contributed by atoms with van der Waals surface area (Å²) >= 11 is 8.06. The fourth-order valence-corrected chi connectivity index (χ4v) is 10.8. The number of carbonyl (C=O) groups is 2. The number of pyridine rings is 2. The highest BCUT2D eigenvalue weighted by Crippen LogP contribution is 2.48. The number of rotatable bonds is 10. The van der Waals surface area contributed by atoms with Crippen LogP contribution >= 0.6 is 56.7 Å². The molecule has 0 saturated carbocycles. The molecule has 0 aliphatic rings. The summed E-state index contributed by atoms with van der Waals surface area (Å²) in [5.74, 6) is -1.76. The Kier molecular flexibility index (Phi) is 8.26. The van der Waals surface area contributed by atoms with E-state index in [9.17, 15) is 19.8 Å². The van der Waals surface area contributed by atoms with E-state index in [1.165, 1.54) is 0 Å². The highest BCUT2D eigenvalue weighted by molar-refractivity contribution is 7.30. The van der Waals surface area contributed by atoms with E-state index in [0.29, 0.717) is 0 Å². The Bertz CT molecular complexity index is 1990. The van der Waals surface area contributed by atoms with Crippen LogP contribution in [0.15, 0.2) is 97.6 Å². The summed E-state index contributed by atoms with van der Waals surface area (Å²) in [5.41, 5.74) is 3.63. The summed E-state index contributed by atoms with van der Waals surface area (Å²) in [4.78, 5) is 42.3. The fourth-order valence-electron chi connectivity index (χ4n) is 4.96. The van der Waals surface area contributed by atoms with Crippen molar-refractivity contribution < 1.29 is 19.8 Å². The van der Waals surface area contributed by atoms with Gasteiger partial charge in [0, 0.05) is 84.7 Å². The Balaban J connectivity index is 1.23. The Labute approximate surface area is 278 Å². The smallest absolute Gasteiger partial charge is 0.307 e. The van der Waals surface area contributed by atoms with Crippen LogP contribution in [0.2, 0.25) is 0 Å². The van der Waals surface area contributed by atoms with Crippen molar-refractivity contribution >= 4 is 68.6 Å². The van der Waals surface area contributed by atoms with Gasteiger partial charge in [0.15, 0.2) is 0 Å². The van der Waals surface area contributed by atoms with Crippen molar-refractivity contribution in [3.8, 4) is 59.9 Å². The lowest BCUT2D eigenvalue weighted by Gasteiger charge is -1.99. The second-order valence-corrected chi connectivity index (χ2v) is 15.4. The molecule has 0 spiro atoms. The van der Waals surface area contributed by atoms with E-state index in [1.54, 1.807) is 69.1 Å². The van der Waals surface area contributed by atoms with Gasteiger partial charge in [0.1, 0.15) is 0 Å². The molecule has 7 aromatic heterocycles. The molecule has 0 aromatic carbocycles. The molecule has 7 aromatic rings. The molecule has 0 fully saturated rings. The highest BCUT2D eigenvalue weighted by atomic mass is 32.1. The van der Waals surface area contributed by atoms with Gasteiger partial charge in [-0.1, -0.05) is 12.1 Å². The molecule has 0 amide bonds. The molecular weight excluding hydrogens is 661 g/mol. The van der Waals surface area contributed by atoms with E-state index in [1.807, 2.05) is 60.9 Å². The molecule has 0 atom stereocenters. The first-order valence-corrected chi connectivity index (χ1v) is 17.8. The van der Waals surface area contributed by atoms with Gasteiger partial charge in [-0.3, -0.25) is 19.6 Å². The minimum atomic E-state index is -0.882. The van der Waals surface area contributed by atoms with E-state index < -0.39 is 11.9 Å². The number of nitrogens with zero attached hydrogens (tertiary/aromatic N) is 2. The molecule has 0 aliphatic carbocycles. The lowest BCUT2D eigenvalue weighted by molar-refractivity contribution is -0.137. The van der Waals surface area contributed by atoms with Crippen molar-refractivity contribution in [2.75, 3.05) is 0 Å². The molecule has 0 bridgehead atoms. The summed E-state index contributed by atoms with van der Waals surface area (Å²) in [5, 5.41) is 19.4. The molecule has 0 aliphatic heterocycles. The van der Waals surface area contributed by atoms with Gasteiger partial charge in [-0.2, -0.15) is 0 Å². The Morgan fingerprint density at radius 1 is 0.511 bits per heavy atom. The molecule has 222 valence electrons. The monoisotopic (exact) mass is 682 g/mol. The van der Waals surface area contributed by atoms with Gasteiger partial charge in [-0.05, 0) is 71.8 Å². The van der Waals surface area contributed by atoms with Crippen LogP contribution in [0.4, 0.5) is 0 Å². The van der Waals surface area contributed by atoms with Gasteiger partial charge in [0.25, 0.3) is 0 Å². The van der Waals surface area contributed by atoms with Crippen molar-refractivity contribution in [1.82, 2.24) is 9.97 Å². The largest absolute Gasteiger partial charge is 0.481 e. The second-order valence-electron chi connectivity index (χ2n) is 10.0. The number of aliphatic carboxylic acids is 2. The Morgan fingerprint density at radius 3 is 1.31 bits per heavy atom. The zero-order chi connectivity index (χ0) is 30.9.